The van der Waals surface area contributed by atoms with Gasteiger partial charge in [0.1, 0.15) is 0 Å². The fraction of sp³-hybridized carbons (Fsp3) is 0.0909. The molecule has 0 atom stereocenters. The summed E-state index contributed by atoms with van der Waals surface area (Å²) in [4.78, 5) is 8.39. The molecule has 0 unspecified atom stereocenters. The second-order valence-electron chi connectivity index (χ2n) is 2.70. The molecule has 0 radical (unpaired) electrons. The maximum absolute atomic E-state index is 4.21. The van der Waals surface area contributed by atoms with Crippen molar-refractivity contribution in [2.75, 3.05) is 5.33 Å². The first-order chi connectivity index (χ1) is 6.90. The zero-order chi connectivity index (χ0) is 9.80. The van der Waals surface area contributed by atoms with Gasteiger partial charge in [-0.3, -0.25) is 9.97 Å². The molecule has 0 fully saturated rings. The molecule has 0 aliphatic heterocycles. The number of hydrogen-bond acceptors (Lipinski definition) is 2. The van der Waals surface area contributed by atoms with Gasteiger partial charge in [0.05, 0.1) is 16.4 Å². The molecule has 0 bridgehead atoms. The second kappa shape index (κ2) is 4.21. The lowest BCUT2D eigenvalue weighted by atomic mass is 10.2. The van der Waals surface area contributed by atoms with Crippen molar-refractivity contribution in [3.63, 3.8) is 0 Å². The van der Waals surface area contributed by atoms with Crippen LogP contribution < -0.4 is 0 Å². The molecule has 1 heterocycles. The van der Waals surface area contributed by atoms with Crippen molar-refractivity contribution in [3.8, 4) is 11.8 Å². The number of alkyl halides is 1. The number of rotatable bonds is 0. The van der Waals surface area contributed by atoms with E-state index in [-0.39, 0.29) is 0 Å². The quantitative estimate of drug-likeness (QED) is 0.527. The Morgan fingerprint density at radius 2 is 1.93 bits per heavy atom. The van der Waals surface area contributed by atoms with Crippen LogP contribution in [0.15, 0.2) is 30.6 Å². The molecule has 1 aromatic heterocycles. The van der Waals surface area contributed by atoms with E-state index in [0.29, 0.717) is 5.33 Å². The predicted molar refractivity (Wildman–Crippen MR) is 60.2 cm³/mol. The average molecular weight is 247 g/mol. The maximum atomic E-state index is 4.21. The van der Waals surface area contributed by atoms with Gasteiger partial charge in [-0.25, -0.2) is 0 Å². The molecule has 2 aromatic rings. The van der Waals surface area contributed by atoms with Crippen molar-refractivity contribution >= 4 is 27.0 Å². The van der Waals surface area contributed by atoms with E-state index in [2.05, 4.69) is 37.7 Å². The van der Waals surface area contributed by atoms with Crippen LogP contribution in [0.4, 0.5) is 0 Å². The number of benzene rings is 1. The van der Waals surface area contributed by atoms with E-state index in [0.717, 1.165) is 16.6 Å². The van der Waals surface area contributed by atoms with Crippen LogP contribution in [0, 0.1) is 11.8 Å². The highest BCUT2D eigenvalue weighted by Crippen LogP contribution is 2.09. The van der Waals surface area contributed by atoms with E-state index < -0.39 is 0 Å². The third-order valence-electron chi connectivity index (χ3n) is 1.77. The fourth-order valence-corrected chi connectivity index (χ4v) is 1.32. The van der Waals surface area contributed by atoms with E-state index in [1.54, 1.807) is 12.4 Å². The molecular formula is C11H7BrN2. The molecule has 0 saturated carbocycles. The van der Waals surface area contributed by atoms with Gasteiger partial charge in [0.25, 0.3) is 0 Å². The van der Waals surface area contributed by atoms with Gasteiger partial charge in [-0.1, -0.05) is 27.8 Å². The van der Waals surface area contributed by atoms with Crippen LogP contribution in [0.1, 0.15) is 5.56 Å². The Hall–Kier alpha value is -1.40. The minimum Gasteiger partial charge on any atom is -0.253 e. The molecule has 68 valence electrons. The number of nitrogens with zero attached hydrogens (tertiary/aromatic N) is 2. The van der Waals surface area contributed by atoms with Crippen LogP contribution in [0.25, 0.3) is 11.0 Å². The average Bonchev–Trinajstić information content (AvgIpc) is 2.26. The highest BCUT2D eigenvalue weighted by atomic mass is 79.9. The van der Waals surface area contributed by atoms with Gasteiger partial charge in [0, 0.05) is 18.0 Å². The molecule has 14 heavy (non-hydrogen) atoms. The molecule has 0 spiro atoms. The lowest BCUT2D eigenvalue weighted by Gasteiger charge is -1.95. The summed E-state index contributed by atoms with van der Waals surface area (Å²) in [6.45, 7) is 0. The normalized spacial score (nSPS) is 9.50. The Kier molecular flexibility index (Phi) is 2.76. The topological polar surface area (TPSA) is 25.8 Å². The lowest BCUT2D eigenvalue weighted by Crippen LogP contribution is -1.83. The van der Waals surface area contributed by atoms with Crippen LogP contribution in [0.2, 0.25) is 0 Å². The van der Waals surface area contributed by atoms with Gasteiger partial charge in [0.15, 0.2) is 0 Å². The summed E-state index contributed by atoms with van der Waals surface area (Å²) in [7, 11) is 0. The van der Waals surface area contributed by atoms with Crippen molar-refractivity contribution in [2.24, 2.45) is 0 Å². The van der Waals surface area contributed by atoms with Gasteiger partial charge in [-0.05, 0) is 18.2 Å². The second-order valence-corrected chi connectivity index (χ2v) is 3.26. The van der Waals surface area contributed by atoms with Crippen LogP contribution in [-0.2, 0) is 0 Å². The number of aromatic nitrogens is 2. The standard InChI is InChI=1S/C11H7BrN2/c12-5-1-2-9-3-4-10-11(8-9)14-7-6-13-10/h3-4,6-8H,5H2. The lowest BCUT2D eigenvalue weighted by molar-refractivity contribution is 1.29. The predicted octanol–water partition coefficient (Wildman–Crippen LogP) is 2.38. The van der Waals surface area contributed by atoms with E-state index in [1.165, 1.54) is 0 Å². The molecule has 1 aromatic carbocycles. The first-order valence-corrected chi connectivity index (χ1v) is 5.28. The van der Waals surface area contributed by atoms with Gasteiger partial charge in [-0.2, -0.15) is 0 Å². The monoisotopic (exact) mass is 246 g/mol. The zero-order valence-electron chi connectivity index (χ0n) is 7.37. The Balaban J connectivity index is 2.51. The Morgan fingerprint density at radius 3 is 2.71 bits per heavy atom. The van der Waals surface area contributed by atoms with Crippen LogP contribution in [0.3, 0.4) is 0 Å². The van der Waals surface area contributed by atoms with E-state index in [1.807, 2.05) is 18.2 Å². The number of fused-ring (bicyclic) bond motifs is 1. The molecule has 2 rings (SSSR count). The summed E-state index contributed by atoms with van der Waals surface area (Å²) >= 11 is 3.26. The Labute approximate surface area is 90.5 Å². The first kappa shape index (κ1) is 9.17. The van der Waals surface area contributed by atoms with Crippen molar-refractivity contribution in [1.82, 2.24) is 9.97 Å². The summed E-state index contributed by atoms with van der Waals surface area (Å²) in [6, 6.07) is 5.82. The maximum Gasteiger partial charge on any atom is 0.0899 e. The highest BCUT2D eigenvalue weighted by Gasteiger charge is 1.94. The van der Waals surface area contributed by atoms with Gasteiger partial charge in [-0.15, -0.1) is 0 Å². The molecule has 0 amide bonds. The SMILES string of the molecule is BrCC#Cc1ccc2nccnc2c1. The van der Waals surface area contributed by atoms with Crippen molar-refractivity contribution in [3.05, 3.63) is 36.2 Å². The molecule has 0 aliphatic carbocycles. The largest absolute Gasteiger partial charge is 0.253 e. The summed E-state index contributed by atoms with van der Waals surface area (Å²) in [6.07, 6.45) is 3.37. The minimum absolute atomic E-state index is 0.686. The van der Waals surface area contributed by atoms with Gasteiger partial charge >= 0.3 is 0 Å². The van der Waals surface area contributed by atoms with Gasteiger partial charge < -0.3 is 0 Å². The molecule has 0 aliphatic rings. The van der Waals surface area contributed by atoms with E-state index in [4.69, 9.17) is 0 Å². The summed E-state index contributed by atoms with van der Waals surface area (Å²) in [5.74, 6) is 5.97. The van der Waals surface area contributed by atoms with E-state index in [9.17, 15) is 0 Å². The highest BCUT2D eigenvalue weighted by molar-refractivity contribution is 9.09. The number of halogens is 1. The molecule has 0 saturated heterocycles. The van der Waals surface area contributed by atoms with Crippen molar-refractivity contribution < 1.29 is 0 Å². The van der Waals surface area contributed by atoms with Crippen LogP contribution in [-0.4, -0.2) is 15.3 Å². The van der Waals surface area contributed by atoms with Crippen molar-refractivity contribution in [2.45, 2.75) is 0 Å². The molecule has 0 N–H and O–H groups in total. The summed E-state index contributed by atoms with van der Waals surface area (Å²) < 4.78 is 0. The Bertz CT molecular complexity index is 511. The third-order valence-corrected chi connectivity index (χ3v) is 2.05. The fourth-order valence-electron chi connectivity index (χ4n) is 1.18. The minimum atomic E-state index is 0.686. The zero-order valence-corrected chi connectivity index (χ0v) is 8.95. The molecule has 3 heteroatoms. The van der Waals surface area contributed by atoms with E-state index >= 15 is 0 Å². The van der Waals surface area contributed by atoms with Crippen LogP contribution in [0.5, 0.6) is 0 Å². The smallest absolute Gasteiger partial charge is 0.0899 e. The molecule has 2 nitrogen and oxygen atoms in total. The first-order valence-electron chi connectivity index (χ1n) is 4.16. The van der Waals surface area contributed by atoms with Gasteiger partial charge in [0.2, 0.25) is 0 Å². The molecular weight excluding hydrogens is 240 g/mol. The third kappa shape index (κ3) is 1.91. The summed E-state index contributed by atoms with van der Waals surface area (Å²) in [5.41, 5.74) is 2.75. The number of hydrogen-bond donors (Lipinski definition) is 0. The van der Waals surface area contributed by atoms with Crippen molar-refractivity contribution in [1.29, 1.82) is 0 Å². The summed E-state index contributed by atoms with van der Waals surface area (Å²) in [5, 5.41) is 0.686. The van der Waals surface area contributed by atoms with Crippen LogP contribution >= 0.6 is 15.9 Å². The Morgan fingerprint density at radius 1 is 1.14 bits per heavy atom.